The maximum Gasteiger partial charge on any atom is 0.420 e. The number of hydrogen-bond donors (Lipinski definition) is 2. The number of carbonyl (C=O) groups excluding carboxylic acids is 2. The van der Waals surface area contributed by atoms with Crippen LogP contribution in [0.15, 0.2) is 34.7 Å². The first-order chi connectivity index (χ1) is 17.1. The number of aromatic nitrogens is 1. The topological polar surface area (TPSA) is 94.3 Å². The molecule has 1 aromatic carbocycles. The predicted octanol–water partition coefficient (Wildman–Crippen LogP) is 7.34. The van der Waals surface area contributed by atoms with Crippen LogP contribution in [0.25, 0.3) is 0 Å². The fourth-order valence-corrected chi connectivity index (χ4v) is 4.52. The zero-order valence-electron chi connectivity index (χ0n) is 20.5. The smallest absolute Gasteiger partial charge is 0.420 e. The van der Waals surface area contributed by atoms with Crippen molar-refractivity contribution in [2.75, 3.05) is 17.7 Å². The molecule has 6 nitrogen and oxygen atoms in total. The lowest BCUT2D eigenvalue weighted by molar-refractivity contribution is -0.138. The van der Waals surface area contributed by atoms with Crippen LogP contribution in [0.3, 0.4) is 0 Å². The number of Topliss-reactive ketones (excluding diaryl/α,β-unsaturated/α-hetero) is 1. The van der Waals surface area contributed by atoms with Gasteiger partial charge in [-0.3, -0.25) is 9.59 Å². The average molecular weight is 544 g/mol. The lowest BCUT2D eigenvalue weighted by Crippen LogP contribution is -2.10. The lowest BCUT2D eigenvalue weighted by atomic mass is 10.1. The molecule has 0 saturated heterocycles. The summed E-state index contributed by atoms with van der Waals surface area (Å²) in [6.45, 7) is 4.06. The number of thiazole rings is 1. The molecule has 36 heavy (non-hydrogen) atoms. The number of nitrogens with two attached hydrogens (primary N) is 1. The highest BCUT2D eigenvalue weighted by Crippen LogP contribution is 2.38. The van der Waals surface area contributed by atoms with E-state index in [0.717, 1.165) is 61.3 Å². The average Bonchev–Trinajstić information content (AvgIpc) is 3.30. The summed E-state index contributed by atoms with van der Waals surface area (Å²) in [7, 11) is 0. The molecule has 0 aliphatic rings. The van der Waals surface area contributed by atoms with Crippen LogP contribution < -0.4 is 15.8 Å². The Bertz CT molecular complexity index is 1040. The van der Waals surface area contributed by atoms with Gasteiger partial charge in [-0.05, 0) is 24.6 Å². The van der Waals surface area contributed by atoms with Crippen LogP contribution >= 0.6 is 23.1 Å². The van der Waals surface area contributed by atoms with E-state index in [0.29, 0.717) is 12.8 Å². The van der Waals surface area contributed by atoms with Crippen LogP contribution in [0.4, 0.5) is 24.0 Å². The van der Waals surface area contributed by atoms with Crippen molar-refractivity contribution >= 4 is 45.5 Å². The fraction of sp³-hybridized carbons (Fsp3) is 0.480. The van der Waals surface area contributed by atoms with Gasteiger partial charge in [0.25, 0.3) is 0 Å². The van der Waals surface area contributed by atoms with Crippen molar-refractivity contribution in [2.24, 2.45) is 5.73 Å². The quantitative estimate of drug-likeness (QED) is 0.130. The molecule has 0 aliphatic carbocycles. The third-order valence-corrected chi connectivity index (χ3v) is 6.72. The number of alkyl halides is 3. The molecule has 0 atom stereocenters. The fourth-order valence-electron chi connectivity index (χ4n) is 3.13. The Hall–Kier alpha value is -2.53. The molecule has 11 heteroatoms. The first-order valence-electron chi connectivity index (χ1n) is 11.9. The van der Waals surface area contributed by atoms with Crippen molar-refractivity contribution in [3.63, 3.8) is 0 Å². The van der Waals surface area contributed by atoms with Gasteiger partial charge in [0.1, 0.15) is 11.4 Å². The van der Waals surface area contributed by atoms with Gasteiger partial charge >= 0.3 is 6.18 Å². The number of nitrogens with one attached hydrogen (secondary N) is 1. The molecule has 2 aromatic rings. The molecule has 0 saturated carbocycles. The van der Waals surface area contributed by atoms with Crippen LogP contribution in [0.2, 0.25) is 0 Å². The Morgan fingerprint density at radius 1 is 1.17 bits per heavy atom. The Labute approximate surface area is 217 Å². The summed E-state index contributed by atoms with van der Waals surface area (Å²) in [4.78, 5) is 27.9. The molecule has 0 bridgehead atoms. The van der Waals surface area contributed by atoms with E-state index in [-0.39, 0.29) is 51.2 Å². The minimum atomic E-state index is -4.58. The number of ether oxygens (including phenoxy) is 1. The van der Waals surface area contributed by atoms with E-state index < -0.39 is 11.7 Å². The number of hydrogen-bond acceptors (Lipinski definition) is 8. The van der Waals surface area contributed by atoms with Crippen LogP contribution in [-0.2, 0) is 11.0 Å². The van der Waals surface area contributed by atoms with E-state index in [9.17, 15) is 22.8 Å². The molecule has 0 unspecified atom stereocenters. The number of benzene rings is 1. The lowest BCUT2D eigenvalue weighted by Gasteiger charge is -2.15. The number of anilines is 2. The summed E-state index contributed by atoms with van der Waals surface area (Å²) < 4.78 is 46.4. The second-order valence-corrected chi connectivity index (χ2v) is 9.97. The van der Waals surface area contributed by atoms with E-state index >= 15 is 0 Å². The summed E-state index contributed by atoms with van der Waals surface area (Å²) in [6.07, 6.45) is 3.11. The van der Waals surface area contributed by atoms with Crippen molar-refractivity contribution in [3.8, 4) is 5.75 Å². The Morgan fingerprint density at radius 3 is 2.58 bits per heavy atom. The minimum absolute atomic E-state index is 0.00857. The van der Waals surface area contributed by atoms with Crippen molar-refractivity contribution in [1.29, 1.82) is 0 Å². The summed E-state index contributed by atoms with van der Waals surface area (Å²) in [5.41, 5.74) is 5.21. The number of carbonyl (C=O) groups is 2. The summed E-state index contributed by atoms with van der Waals surface area (Å²) in [5, 5.41) is 4.86. The van der Waals surface area contributed by atoms with E-state index in [1.807, 2.05) is 0 Å². The number of allylic oxidation sites excluding steroid dienone is 1. The van der Waals surface area contributed by atoms with Crippen LogP contribution in [-0.4, -0.2) is 28.9 Å². The monoisotopic (exact) mass is 543 g/mol. The highest BCUT2D eigenvalue weighted by molar-refractivity contribution is 8.03. The van der Waals surface area contributed by atoms with Crippen LogP contribution in [0, 0.1) is 0 Å². The van der Waals surface area contributed by atoms with Gasteiger partial charge in [0, 0.05) is 23.6 Å². The van der Waals surface area contributed by atoms with Crippen molar-refractivity contribution in [1.82, 2.24) is 4.98 Å². The SMILES string of the molecule is CCCCCCCCOc1ccc(Nc2nc(C(=O)CS/C(N)=C/C(=O)CC)cs2)cc1C(F)(F)F. The molecule has 0 aliphatic heterocycles. The van der Waals surface area contributed by atoms with Gasteiger partial charge in [-0.15, -0.1) is 23.1 Å². The second kappa shape index (κ2) is 14.9. The molecule has 3 N–H and O–H groups in total. The van der Waals surface area contributed by atoms with Gasteiger partial charge in [-0.2, -0.15) is 13.2 Å². The Morgan fingerprint density at radius 2 is 1.89 bits per heavy atom. The zero-order chi connectivity index (χ0) is 26.6. The molecular weight excluding hydrogens is 511 g/mol. The summed E-state index contributed by atoms with van der Waals surface area (Å²) >= 11 is 2.13. The van der Waals surface area contributed by atoms with Gasteiger partial charge in [0.2, 0.25) is 0 Å². The number of nitrogens with zero attached hydrogens (tertiary/aromatic N) is 1. The highest BCUT2D eigenvalue weighted by atomic mass is 32.2. The van der Waals surface area contributed by atoms with E-state index in [1.165, 1.54) is 23.6 Å². The number of unbranched alkanes of at least 4 members (excludes halogenated alkanes) is 5. The summed E-state index contributed by atoms with van der Waals surface area (Å²) in [6, 6.07) is 3.76. The standard InChI is InChI=1S/C25H32F3N3O3S2/c1-3-5-6-7-8-9-12-34-22-11-10-17(13-19(22)25(26,27)28)30-24-31-20(15-36-24)21(33)16-35-23(29)14-18(32)4-2/h10-11,13-15H,3-9,12,16,29H2,1-2H3,(H,30,31)/b23-14+. The maximum absolute atomic E-state index is 13.6. The Balaban J connectivity index is 1.98. The Kier molecular flexibility index (Phi) is 12.3. The predicted molar refractivity (Wildman–Crippen MR) is 140 cm³/mol. The van der Waals surface area contributed by atoms with Gasteiger partial charge in [0.15, 0.2) is 16.7 Å². The minimum Gasteiger partial charge on any atom is -0.493 e. The van der Waals surface area contributed by atoms with Crippen LogP contribution in [0.1, 0.15) is 74.8 Å². The van der Waals surface area contributed by atoms with E-state index in [2.05, 4.69) is 17.2 Å². The molecule has 1 aromatic heterocycles. The van der Waals surface area contributed by atoms with E-state index in [4.69, 9.17) is 10.5 Å². The van der Waals surface area contributed by atoms with E-state index in [1.54, 1.807) is 6.92 Å². The first kappa shape index (κ1) is 29.7. The summed E-state index contributed by atoms with van der Waals surface area (Å²) in [5.74, 6) is -0.657. The molecule has 0 radical (unpaired) electrons. The van der Waals surface area contributed by atoms with Gasteiger partial charge in [0.05, 0.1) is 23.0 Å². The first-order valence-corrected chi connectivity index (χ1v) is 13.7. The zero-order valence-corrected chi connectivity index (χ0v) is 22.1. The molecule has 0 fully saturated rings. The van der Waals surface area contributed by atoms with Gasteiger partial charge < -0.3 is 15.8 Å². The van der Waals surface area contributed by atoms with Crippen molar-refractivity contribution in [3.05, 3.63) is 45.9 Å². The maximum atomic E-state index is 13.6. The molecule has 198 valence electrons. The normalized spacial score (nSPS) is 12.0. The third kappa shape index (κ3) is 10.2. The van der Waals surface area contributed by atoms with Crippen molar-refractivity contribution < 1.29 is 27.5 Å². The van der Waals surface area contributed by atoms with Crippen molar-refractivity contribution in [2.45, 2.75) is 65.0 Å². The molecular formula is C25H32F3N3O3S2. The van der Waals surface area contributed by atoms with Crippen LogP contribution in [0.5, 0.6) is 5.75 Å². The molecule has 0 spiro atoms. The molecule has 0 amide bonds. The van der Waals surface area contributed by atoms with Gasteiger partial charge in [-0.1, -0.05) is 46.0 Å². The number of rotatable bonds is 16. The largest absolute Gasteiger partial charge is 0.493 e. The molecule has 1 heterocycles. The molecule has 2 rings (SSSR count). The number of thioether (sulfide) groups is 1. The third-order valence-electron chi connectivity index (χ3n) is 5.10. The number of ketones is 2. The highest BCUT2D eigenvalue weighted by Gasteiger charge is 2.34. The number of halogens is 3. The second-order valence-electron chi connectivity index (χ2n) is 8.07. The van der Waals surface area contributed by atoms with Gasteiger partial charge in [-0.25, -0.2) is 4.98 Å².